The number of amides is 2. The van der Waals surface area contributed by atoms with Gasteiger partial charge >= 0.3 is 0 Å². The molecule has 0 radical (unpaired) electrons. The summed E-state index contributed by atoms with van der Waals surface area (Å²) in [6.07, 6.45) is 0. The molecular formula is C20H33N3O4S. The molecule has 0 saturated carbocycles. The first-order valence-electron chi connectivity index (χ1n) is 9.83. The Kier molecular flexibility index (Phi) is 9.10. The molecule has 1 rings (SSSR count). The largest absolute Gasteiger partial charge is 0.341 e. The summed E-state index contributed by atoms with van der Waals surface area (Å²) in [5.41, 5.74) is 0.214. The van der Waals surface area contributed by atoms with Crippen molar-refractivity contribution < 1.29 is 18.0 Å². The van der Waals surface area contributed by atoms with E-state index in [9.17, 15) is 18.0 Å². The Hall–Kier alpha value is -1.93. The lowest BCUT2D eigenvalue weighted by molar-refractivity contribution is -0.133. The van der Waals surface area contributed by atoms with E-state index >= 15 is 0 Å². The molecule has 2 amide bonds. The lowest BCUT2D eigenvalue weighted by Crippen LogP contribution is -2.51. The van der Waals surface area contributed by atoms with Crippen LogP contribution < -0.4 is 5.32 Å². The van der Waals surface area contributed by atoms with Gasteiger partial charge in [0, 0.05) is 31.7 Å². The van der Waals surface area contributed by atoms with Gasteiger partial charge in [-0.25, -0.2) is 8.42 Å². The highest BCUT2D eigenvalue weighted by Crippen LogP contribution is 2.17. The number of likely N-dealkylation sites (N-methyl/N-ethyl adjacent to an activating group) is 1. The van der Waals surface area contributed by atoms with Gasteiger partial charge < -0.3 is 10.2 Å². The molecule has 1 aromatic rings. The van der Waals surface area contributed by atoms with Crippen LogP contribution in [-0.2, 0) is 14.8 Å². The molecule has 8 heteroatoms. The Morgan fingerprint density at radius 1 is 1.00 bits per heavy atom. The summed E-state index contributed by atoms with van der Waals surface area (Å²) in [5, 5.41) is 2.78. The van der Waals surface area contributed by atoms with E-state index < -0.39 is 22.0 Å². The van der Waals surface area contributed by atoms with Crippen LogP contribution in [0.15, 0.2) is 29.2 Å². The zero-order valence-electron chi connectivity index (χ0n) is 17.7. The minimum Gasteiger partial charge on any atom is -0.341 e. The van der Waals surface area contributed by atoms with Gasteiger partial charge in [0.1, 0.15) is 6.04 Å². The average molecular weight is 412 g/mol. The summed E-state index contributed by atoms with van der Waals surface area (Å²) in [4.78, 5) is 27.2. The van der Waals surface area contributed by atoms with Gasteiger partial charge in [-0.2, -0.15) is 4.31 Å². The fourth-order valence-electron chi connectivity index (χ4n) is 2.98. The summed E-state index contributed by atoms with van der Waals surface area (Å²) in [6.45, 7) is 12.9. The number of hydrogen-bond donors (Lipinski definition) is 1. The summed E-state index contributed by atoms with van der Waals surface area (Å²) in [7, 11) is -3.66. The lowest BCUT2D eigenvalue weighted by Gasteiger charge is -2.28. The van der Waals surface area contributed by atoms with E-state index in [4.69, 9.17) is 0 Å². The Balaban J connectivity index is 3.14. The molecule has 0 aromatic heterocycles. The fraction of sp³-hybridized carbons (Fsp3) is 0.600. The van der Waals surface area contributed by atoms with Gasteiger partial charge in [-0.3, -0.25) is 9.59 Å². The van der Waals surface area contributed by atoms with Crippen LogP contribution in [0.2, 0.25) is 0 Å². The predicted molar refractivity (Wildman–Crippen MR) is 111 cm³/mol. The van der Waals surface area contributed by atoms with Crippen molar-refractivity contribution in [2.45, 2.75) is 52.5 Å². The summed E-state index contributed by atoms with van der Waals surface area (Å²) in [6, 6.07) is 5.27. The molecule has 158 valence electrons. The van der Waals surface area contributed by atoms with Crippen LogP contribution in [0, 0.1) is 5.92 Å². The topological polar surface area (TPSA) is 86.8 Å². The number of carbonyl (C=O) groups is 2. The summed E-state index contributed by atoms with van der Waals surface area (Å²) in [5.74, 6) is -0.698. The van der Waals surface area contributed by atoms with Gasteiger partial charge in [0.2, 0.25) is 15.9 Å². The molecule has 1 unspecified atom stereocenters. The van der Waals surface area contributed by atoms with Crippen molar-refractivity contribution in [3.05, 3.63) is 29.8 Å². The molecule has 1 N–H and O–H groups in total. The molecule has 1 atom stereocenters. The van der Waals surface area contributed by atoms with Crippen LogP contribution in [0.3, 0.4) is 0 Å². The molecule has 7 nitrogen and oxygen atoms in total. The predicted octanol–water partition coefficient (Wildman–Crippen LogP) is 2.34. The summed E-state index contributed by atoms with van der Waals surface area (Å²) < 4.78 is 26.8. The summed E-state index contributed by atoms with van der Waals surface area (Å²) >= 11 is 0. The van der Waals surface area contributed by atoms with Crippen molar-refractivity contribution in [2.24, 2.45) is 5.92 Å². The SMILES string of the molecule is CCN(CC)C(=O)C(NC(=O)c1cccc(S(=O)(=O)N(CC)CC)c1)C(C)C. The second-order valence-electron chi connectivity index (χ2n) is 6.82. The van der Waals surface area contributed by atoms with Crippen molar-refractivity contribution in [2.75, 3.05) is 26.2 Å². The van der Waals surface area contributed by atoms with Crippen molar-refractivity contribution in [1.82, 2.24) is 14.5 Å². The maximum absolute atomic E-state index is 12.8. The zero-order chi connectivity index (χ0) is 21.5. The van der Waals surface area contributed by atoms with Gasteiger partial charge in [0.05, 0.1) is 4.90 Å². The molecule has 0 aliphatic rings. The van der Waals surface area contributed by atoms with Crippen LogP contribution in [-0.4, -0.2) is 61.7 Å². The third kappa shape index (κ3) is 5.54. The van der Waals surface area contributed by atoms with Crippen molar-refractivity contribution in [1.29, 1.82) is 0 Å². The monoisotopic (exact) mass is 411 g/mol. The van der Waals surface area contributed by atoms with Crippen LogP contribution in [0.4, 0.5) is 0 Å². The van der Waals surface area contributed by atoms with E-state index in [-0.39, 0.29) is 22.3 Å². The zero-order valence-corrected chi connectivity index (χ0v) is 18.5. The number of nitrogens with zero attached hydrogens (tertiary/aromatic N) is 2. The van der Waals surface area contributed by atoms with Crippen LogP contribution in [0.1, 0.15) is 51.9 Å². The quantitative estimate of drug-likeness (QED) is 0.640. The van der Waals surface area contributed by atoms with Crippen LogP contribution in [0.5, 0.6) is 0 Å². The maximum atomic E-state index is 12.8. The Morgan fingerprint density at radius 3 is 2.04 bits per heavy atom. The third-order valence-electron chi connectivity index (χ3n) is 4.73. The fourth-order valence-corrected chi connectivity index (χ4v) is 4.48. The third-order valence-corrected chi connectivity index (χ3v) is 6.78. The molecule has 0 bridgehead atoms. The van der Waals surface area contributed by atoms with E-state index in [2.05, 4.69) is 5.32 Å². The molecule has 0 heterocycles. The molecule has 1 aromatic carbocycles. The Morgan fingerprint density at radius 2 is 1.57 bits per heavy atom. The highest BCUT2D eigenvalue weighted by molar-refractivity contribution is 7.89. The first kappa shape index (κ1) is 24.1. The molecule has 0 fully saturated rings. The van der Waals surface area contributed by atoms with E-state index in [1.54, 1.807) is 30.9 Å². The van der Waals surface area contributed by atoms with E-state index in [0.717, 1.165) is 0 Å². The van der Waals surface area contributed by atoms with Crippen molar-refractivity contribution in [3.8, 4) is 0 Å². The standard InChI is InChI=1S/C20H33N3O4S/c1-7-22(8-2)20(25)18(15(5)6)21-19(24)16-12-11-13-17(14-16)28(26,27)23(9-3)10-4/h11-15,18H,7-10H2,1-6H3,(H,21,24). The van der Waals surface area contributed by atoms with E-state index in [1.807, 2.05) is 27.7 Å². The number of rotatable bonds is 10. The smallest absolute Gasteiger partial charge is 0.251 e. The molecular weight excluding hydrogens is 378 g/mol. The first-order chi connectivity index (χ1) is 13.1. The number of hydrogen-bond acceptors (Lipinski definition) is 4. The van der Waals surface area contributed by atoms with Crippen molar-refractivity contribution >= 4 is 21.8 Å². The van der Waals surface area contributed by atoms with Crippen LogP contribution >= 0.6 is 0 Å². The lowest BCUT2D eigenvalue weighted by atomic mass is 10.0. The highest BCUT2D eigenvalue weighted by Gasteiger charge is 2.28. The second kappa shape index (κ2) is 10.6. The molecule has 0 saturated heterocycles. The number of sulfonamides is 1. The minimum absolute atomic E-state index is 0.0695. The minimum atomic E-state index is -3.66. The van der Waals surface area contributed by atoms with E-state index in [0.29, 0.717) is 26.2 Å². The first-order valence-corrected chi connectivity index (χ1v) is 11.3. The number of benzene rings is 1. The van der Waals surface area contributed by atoms with Gasteiger partial charge in [-0.15, -0.1) is 0 Å². The highest BCUT2D eigenvalue weighted by atomic mass is 32.2. The molecule has 0 spiro atoms. The Labute approximate surface area is 169 Å². The van der Waals surface area contributed by atoms with Crippen molar-refractivity contribution in [3.63, 3.8) is 0 Å². The van der Waals surface area contributed by atoms with Gasteiger partial charge in [-0.1, -0.05) is 33.8 Å². The van der Waals surface area contributed by atoms with E-state index in [1.165, 1.54) is 16.4 Å². The van der Waals surface area contributed by atoms with Crippen LogP contribution in [0.25, 0.3) is 0 Å². The molecule has 28 heavy (non-hydrogen) atoms. The van der Waals surface area contributed by atoms with Gasteiger partial charge in [0.25, 0.3) is 5.91 Å². The normalized spacial score (nSPS) is 12.9. The number of nitrogens with one attached hydrogen (secondary N) is 1. The molecule has 0 aliphatic carbocycles. The molecule has 0 aliphatic heterocycles. The van der Waals surface area contributed by atoms with Gasteiger partial charge in [-0.05, 0) is 38.0 Å². The maximum Gasteiger partial charge on any atom is 0.251 e. The van der Waals surface area contributed by atoms with Gasteiger partial charge in [0.15, 0.2) is 0 Å². The number of carbonyl (C=O) groups excluding carboxylic acids is 2. The second-order valence-corrected chi connectivity index (χ2v) is 8.76. The average Bonchev–Trinajstić information content (AvgIpc) is 2.67. The Bertz CT molecular complexity index is 769.